The predicted octanol–water partition coefficient (Wildman–Crippen LogP) is 2.98. The van der Waals surface area contributed by atoms with Gasteiger partial charge in [-0.05, 0) is 12.1 Å². The molecule has 0 fully saturated rings. The number of hydrogen-bond acceptors (Lipinski definition) is 2. The summed E-state index contributed by atoms with van der Waals surface area (Å²) in [4.78, 5) is 10.6. The van der Waals surface area contributed by atoms with Crippen LogP contribution in [0.25, 0.3) is 0 Å². The van der Waals surface area contributed by atoms with Gasteiger partial charge in [-0.15, -0.1) is 0 Å². The maximum absolute atomic E-state index is 12.4. The van der Waals surface area contributed by atoms with Crippen LogP contribution < -0.4 is 4.74 Å². The summed E-state index contributed by atoms with van der Waals surface area (Å²) in [5.41, 5.74) is -0.689. The van der Waals surface area contributed by atoms with E-state index in [0.717, 1.165) is 19.2 Å². The van der Waals surface area contributed by atoms with Gasteiger partial charge in [0, 0.05) is 0 Å². The molecular weight excluding hydrogens is 230 g/mol. The molecule has 3 nitrogen and oxygen atoms in total. The zero-order valence-corrected chi connectivity index (χ0v) is 8.39. The number of alkyl halides is 2. The van der Waals surface area contributed by atoms with E-state index in [1.807, 2.05) is 0 Å². The van der Waals surface area contributed by atoms with Crippen LogP contribution in [0.15, 0.2) is 12.1 Å². The van der Waals surface area contributed by atoms with Crippen LogP contribution in [0.1, 0.15) is 22.3 Å². The van der Waals surface area contributed by atoms with Crippen LogP contribution in [0.4, 0.5) is 8.78 Å². The van der Waals surface area contributed by atoms with Crippen molar-refractivity contribution in [2.24, 2.45) is 0 Å². The Morgan fingerprint density at radius 3 is 2.53 bits per heavy atom. The number of carbonyl (C=O) groups is 1. The molecule has 1 aromatic rings. The second-order valence-electron chi connectivity index (χ2n) is 2.66. The van der Waals surface area contributed by atoms with Crippen LogP contribution in [0.2, 0.25) is 5.02 Å². The maximum Gasteiger partial charge on any atom is 0.337 e. The monoisotopic (exact) mass is 236 g/mol. The van der Waals surface area contributed by atoms with Gasteiger partial charge < -0.3 is 9.84 Å². The number of ether oxygens (including phenoxy) is 1. The molecule has 82 valence electrons. The Morgan fingerprint density at radius 1 is 1.53 bits per heavy atom. The van der Waals surface area contributed by atoms with E-state index in [-0.39, 0.29) is 16.3 Å². The van der Waals surface area contributed by atoms with Gasteiger partial charge in [-0.1, -0.05) is 11.6 Å². The van der Waals surface area contributed by atoms with E-state index < -0.39 is 18.0 Å². The smallest absolute Gasteiger partial charge is 0.337 e. The van der Waals surface area contributed by atoms with Gasteiger partial charge in [-0.2, -0.15) is 0 Å². The molecule has 1 aromatic carbocycles. The number of rotatable bonds is 3. The average Bonchev–Trinajstić information content (AvgIpc) is 2.16. The highest BCUT2D eigenvalue weighted by Crippen LogP contribution is 2.37. The van der Waals surface area contributed by atoms with Crippen molar-refractivity contribution < 1.29 is 23.4 Å². The van der Waals surface area contributed by atoms with Gasteiger partial charge in [0.15, 0.2) is 0 Å². The van der Waals surface area contributed by atoms with Crippen LogP contribution in [-0.2, 0) is 0 Å². The Labute approximate surface area is 89.2 Å². The van der Waals surface area contributed by atoms with Crippen molar-refractivity contribution >= 4 is 17.6 Å². The van der Waals surface area contributed by atoms with Crippen molar-refractivity contribution in [2.75, 3.05) is 7.11 Å². The van der Waals surface area contributed by atoms with Crippen LogP contribution in [0.3, 0.4) is 0 Å². The molecule has 0 saturated heterocycles. The second kappa shape index (κ2) is 4.44. The lowest BCUT2D eigenvalue weighted by Gasteiger charge is -2.11. The van der Waals surface area contributed by atoms with E-state index in [1.54, 1.807) is 0 Å². The fraction of sp³-hybridized carbons (Fsp3) is 0.222. The highest BCUT2D eigenvalue weighted by Gasteiger charge is 2.21. The van der Waals surface area contributed by atoms with Gasteiger partial charge in [-0.3, -0.25) is 0 Å². The highest BCUT2D eigenvalue weighted by molar-refractivity contribution is 6.35. The summed E-state index contributed by atoms with van der Waals surface area (Å²) in [5.74, 6) is -1.59. The van der Waals surface area contributed by atoms with E-state index in [4.69, 9.17) is 16.7 Å². The molecular formula is C9H7ClF2O3. The Hall–Kier alpha value is -1.36. The topological polar surface area (TPSA) is 46.5 Å². The minimum Gasteiger partial charge on any atom is -0.495 e. The van der Waals surface area contributed by atoms with E-state index in [2.05, 4.69) is 4.74 Å². The third-order valence-corrected chi connectivity index (χ3v) is 2.17. The summed E-state index contributed by atoms with van der Waals surface area (Å²) in [6.45, 7) is 0. The first-order valence-corrected chi connectivity index (χ1v) is 4.24. The normalized spacial score (nSPS) is 10.5. The number of halogens is 3. The Balaban J connectivity index is 3.39. The zero-order valence-electron chi connectivity index (χ0n) is 7.63. The first-order valence-electron chi connectivity index (χ1n) is 3.86. The fourth-order valence-corrected chi connectivity index (χ4v) is 1.45. The minimum atomic E-state index is -2.76. The van der Waals surface area contributed by atoms with Crippen molar-refractivity contribution in [3.63, 3.8) is 0 Å². The van der Waals surface area contributed by atoms with Crippen LogP contribution in [0.5, 0.6) is 5.75 Å². The molecule has 0 amide bonds. The largest absolute Gasteiger partial charge is 0.495 e. The van der Waals surface area contributed by atoms with Crippen LogP contribution in [-0.4, -0.2) is 18.2 Å². The summed E-state index contributed by atoms with van der Waals surface area (Å²) >= 11 is 5.61. The molecule has 6 heteroatoms. The number of aromatic carboxylic acids is 1. The third-order valence-electron chi connectivity index (χ3n) is 1.80. The molecule has 0 heterocycles. The lowest BCUT2D eigenvalue weighted by molar-refractivity contribution is 0.0696. The Kier molecular flexibility index (Phi) is 3.47. The van der Waals surface area contributed by atoms with Gasteiger partial charge >= 0.3 is 5.97 Å². The summed E-state index contributed by atoms with van der Waals surface area (Å²) < 4.78 is 29.5. The van der Waals surface area contributed by atoms with E-state index in [0.29, 0.717) is 0 Å². The minimum absolute atomic E-state index is 0.266. The fourth-order valence-electron chi connectivity index (χ4n) is 1.12. The number of methoxy groups -OCH3 is 1. The Bertz CT molecular complexity index is 393. The van der Waals surface area contributed by atoms with Crippen LogP contribution in [0, 0.1) is 0 Å². The van der Waals surface area contributed by atoms with E-state index in [1.165, 1.54) is 0 Å². The molecule has 0 aliphatic rings. The summed E-state index contributed by atoms with van der Waals surface area (Å²) in [7, 11) is 1.15. The van der Waals surface area contributed by atoms with Gasteiger partial charge in [0.1, 0.15) is 5.75 Å². The van der Waals surface area contributed by atoms with Gasteiger partial charge in [-0.25, -0.2) is 13.6 Å². The van der Waals surface area contributed by atoms with Crippen molar-refractivity contribution in [1.29, 1.82) is 0 Å². The lowest BCUT2D eigenvalue weighted by atomic mass is 10.1. The third kappa shape index (κ3) is 2.18. The van der Waals surface area contributed by atoms with Crippen molar-refractivity contribution in [2.45, 2.75) is 6.43 Å². The van der Waals surface area contributed by atoms with Crippen LogP contribution >= 0.6 is 11.6 Å². The first-order chi connectivity index (χ1) is 6.99. The predicted molar refractivity (Wildman–Crippen MR) is 49.9 cm³/mol. The van der Waals surface area contributed by atoms with Gasteiger partial charge in [0.2, 0.25) is 0 Å². The average molecular weight is 237 g/mol. The zero-order chi connectivity index (χ0) is 11.6. The highest BCUT2D eigenvalue weighted by atomic mass is 35.5. The molecule has 15 heavy (non-hydrogen) atoms. The number of carboxylic acid groups (broad SMARTS) is 1. The standard InChI is InChI=1S/C9H7ClF2O3/c1-15-7-5(8(11)12)3-2-4(6(7)10)9(13)14/h2-3,8H,1H3,(H,13,14). The molecule has 0 aromatic heterocycles. The molecule has 0 atom stereocenters. The maximum atomic E-state index is 12.4. The number of hydrogen-bond donors (Lipinski definition) is 1. The Morgan fingerprint density at radius 2 is 2.13 bits per heavy atom. The number of carboxylic acids is 1. The van der Waals surface area contributed by atoms with E-state index in [9.17, 15) is 13.6 Å². The summed E-state index contributed by atoms with van der Waals surface area (Å²) in [6, 6.07) is 2.01. The van der Waals surface area contributed by atoms with Crippen molar-refractivity contribution in [3.05, 3.63) is 28.3 Å². The molecule has 0 bridgehead atoms. The van der Waals surface area contributed by atoms with Gasteiger partial charge in [0.05, 0.1) is 23.3 Å². The molecule has 0 aliphatic carbocycles. The van der Waals surface area contributed by atoms with Crippen molar-refractivity contribution in [3.8, 4) is 5.75 Å². The molecule has 0 saturated carbocycles. The number of benzene rings is 1. The van der Waals surface area contributed by atoms with Gasteiger partial charge in [0.25, 0.3) is 6.43 Å². The summed E-state index contributed by atoms with van der Waals surface area (Å²) in [5, 5.41) is 8.37. The summed E-state index contributed by atoms with van der Waals surface area (Å²) in [6.07, 6.45) is -2.76. The molecule has 1 rings (SSSR count). The molecule has 0 aliphatic heterocycles. The molecule has 0 unspecified atom stereocenters. The quantitative estimate of drug-likeness (QED) is 0.878. The second-order valence-corrected chi connectivity index (χ2v) is 3.03. The SMILES string of the molecule is COc1c(C(F)F)ccc(C(=O)O)c1Cl. The molecule has 0 radical (unpaired) electrons. The van der Waals surface area contributed by atoms with E-state index >= 15 is 0 Å². The molecule has 0 spiro atoms. The molecule has 1 N–H and O–H groups in total. The lowest BCUT2D eigenvalue weighted by Crippen LogP contribution is -2.02. The van der Waals surface area contributed by atoms with Crippen molar-refractivity contribution in [1.82, 2.24) is 0 Å². The first kappa shape index (κ1) is 11.7.